The van der Waals surface area contributed by atoms with Crippen molar-refractivity contribution in [3.63, 3.8) is 0 Å². The highest BCUT2D eigenvalue weighted by atomic mass is 16.7. The van der Waals surface area contributed by atoms with Crippen molar-refractivity contribution in [2.24, 2.45) is 0 Å². The minimum atomic E-state index is -0.353. The van der Waals surface area contributed by atoms with Crippen LogP contribution < -0.4 is 15.5 Å². The molecule has 0 radical (unpaired) electrons. The quantitative estimate of drug-likeness (QED) is 0.732. The molecule has 0 unspecified atom stereocenters. The molecular formula is C17H18N2O4. The van der Waals surface area contributed by atoms with Crippen LogP contribution in [-0.2, 0) is 14.4 Å². The SMILES string of the molecule is O=C(CCOc1ccccc1)NOCC(=O)Nc1ccccc1. The molecule has 0 saturated carbocycles. The second-order valence-corrected chi connectivity index (χ2v) is 4.64. The van der Waals surface area contributed by atoms with Crippen LogP contribution in [0.4, 0.5) is 5.69 Å². The third-order valence-corrected chi connectivity index (χ3v) is 2.79. The van der Waals surface area contributed by atoms with Crippen molar-refractivity contribution in [1.29, 1.82) is 0 Å². The summed E-state index contributed by atoms with van der Waals surface area (Å²) in [6, 6.07) is 18.2. The third kappa shape index (κ3) is 6.62. The van der Waals surface area contributed by atoms with E-state index >= 15 is 0 Å². The molecule has 120 valence electrons. The highest BCUT2D eigenvalue weighted by Gasteiger charge is 2.05. The Bertz CT molecular complexity index is 617. The molecule has 2 amide bonds. The van der Waals surface area contributed by atoms with Gasteiger partial charge in [-0.25, -0.2) is 5.48 Å². The van der Waals surface area contributed by atoms with Gasteiger partial charge in [0.25, 0.3) is 5.91 Å². The molecule has 2 aromatic rings. The molecule has 0 bridgehead atoms. The summed E-state index contributed by atoms with van der Waals surface area (Å²) in [5.41, 5.74) is 2.88. The molecule has 2 rings (SSSR count). The zero-order valence-corrected chi connectivity index (χ0v) is 12.5. The van der Waals surface area contributed by atoms with Crippen molar-refractivity contribution in [2.45, 2.75) is 6.42 Å². The number of para-hydroxylation sites is 2. The van der Waals surface area contributed by atoms with Gasteiger partial charge >= 0.3 is 0 Å². The normalized spacial score (nSPS) is 9.91. The Labute approximate surface area is 134 Å². The number of hydrogen-bond donors (Lipinski definition) is 2. The minimum Gasteiger partial charge on any atom is -0.493 e. The van der Waals surface area contributed by atoms with Crippen molar-refractivity contribution >= 4 is 17.5 Å². The zero-order valence-electron chi connectivity index (χ0n) is 12.5. The van der Waals surface area contributed by atoms with Gasteiger partial charge in [0.1, 0.15) is 5.75 Å². The predicted molar refractivity (Wildman–Crippen MR) is 85.7 cm³/mol. The number of carbonyl (C=O) groups excluding carboxylic acids is 2. The topological polar surface area (TPSA) is 76.7 Å². The van der Waals surface area contributed by atoms with E-state index in [1.807, 2.05) is 48.5 Å². The number of amides is 2. The summed E-state index contributed by atoms with van der Waals surface area (Å²) < 4.78 is 5.39. The Morgan fingerprint density at radius 1 is 0.870 bits per heavy atom. The number of carbonyl (C=O) groups is 2. The fourth-order valence-corrected chi connectivity index (χ4v) is 1.73. The third-order valence-electron chi connectivity index (χ3n) is 2.79. The Hall–Kier alpha value is -2.86. The maximum atomic E-state index is 11.6. The number of hydrogen-bond acceptors (Lipinski definition) is 4. The van der Waals surface area contributed by atoms with Crippen LogP contribution in [0.2, 0.25) is 0 Å². The largest absolute Gasteiger partial charge is 0.493 e. The van der Waals surface area contributed by atoms with Gasteiger partial charge in [0, 0.05) is 5.69 Å². The molecule has 6 nitrogen and oxygen atoms in total. The Morgan fingerprint density at radius 2 is 1.52 bits per heavy atom. The average molecular weight is 314 g/mol. The molecule has 2 aromatic carbocycles. The maximum absolute atomic E-state index is 11.6. The Balaban J connectivity index is 1.56. The molecule has 0 aromatic heterocycles. The smallest absolute Gasteiger partial charge is 0.253 e. The minimum absolute atomic E-state index is 0.134. The Kier molecular flexibility index (Phi) is 6.62. The second kappa shape index (κ2) is 9.22. The van der Waals surface area contributed by atoms with Crippen LogP contribution >= 0.6 is 0 Å². The van der Waals surface area contributed by atoms with Gasteiger partial charge < -0.3 is 10.1 Å². The van der Waals surface area contributed by atoms with Crippen LogP contribution in [0.3, 0.4) is 0 Å². The number of benzene rings is 2. The summed E-state index contributed by atoms with van der Waals surface area (Å²) in [5, 5.41) is 2.64. The van der Waals surface area contributed by atoms with Crippen LogP contribution in [0.15, 0.2) is 60.7 Å². The van der Waals surface area contributed by atoms with Crippen molar-refractivity contribution in [1.82, 2.24) is 5.48 Å². The van der Waals surface area contributed by atoms with E-state index in [1.54, 1.807) is 12.1 Å². The highest BCUT2D eigenvalue weighted by molar-refractivity contribution is 5.91. The van der Waals surface area contributed by atoms with Crippen molar-refractivity contribution in [3.8, 4) is 5.75 Å². The molecule has 0 saturated heterocycles. The van der Waals surface area contributed by atoms with E-state index in [0.29, 0.717) is 11.4 Å². The van der Waals surface area contributed by atoms with Gasteiger partial charge in [-0.3, -0.25) is 14.4 Å². The van der Waals surface area contributed by atoms with Crippen molar-refractivity contribution in [2.75, 3.05) is 18.5 Å². The fourth-order valence-electron chi connectivity index (χ4n) is 1.73. The summed E-state index contributed by atoms with van der Waals surface area (Å²) in [6.07, 6.45) is 0.134. The van der Waals surface area contributed by atoms with Crippen molar-refractivity contribution < 1.29 is 19.2 Å². The molecule has 0 atom stereocenters. The number of nitrogens with one attached hydrogen (secondary N) is 2. The van der Waals surface area contributed by atoms with E-state index in [9.17, 15) is 9.59 Å². The molecule has 2 N–H and O–H groups in total. The molecule has 0 fully saturated rings. The first-order valence-electron chi connectivity index (χ1n) is 7.17. The molecule has 0 spiro atoms. The van der Waals surface area contributed by atoms with Crippen LogP contribution in [0, 0.1) is 0 Å². The monoisotopic (exact) mass is 314 g/mol. The van der Waals surface area contributed by atoms with Crippen molar-refractivity contribution in [3.05, 3.63) is 60.7 Å². The number of hydroxylamine groups is 1. The van der Waals surface area contributed by atoms with Gasteiger partial charge in [-0.15, -0.1) is 0 Å². The lowest BCUT2D eigenvalue weighted by atomic mass is 10.3. The zero-order chi connectivity index (χ0) is 16.3. The fraction of sp³-hybridized carbons (Fsp3) is 0.176. The molecule has 0 heterocycles. The summed E-state index contributed by atoms with van der Waals surface area (Å²) in [4.78, 5) is 28.0. The molecule has 6 heteroatoms. The molecule has 23 heavy (non-hydrogen) atoms. The first-order valence-corrected chi connectivity index (χ1v) is 7.17. The highest BCUT2D eigenvalue weighted by Crippen LogP contribution is 2.08. The first-order chi connectivity index (χ1) is 11.2. The number of ether oxygens (including phenoxy) is 1. The van der Waals surface area contributed by atoms with Gasteiger partial charge in [0.15, 0.2) is 6.61 Å². The molecular weight excluding hydrogens is 296 g/mol. The molecule has 0 aliphatic heterocycles. The lowest BCUT2D eigenvalue weighted by Crippen LogP contribution is -2.29. The number of anilines is 1. The number of rotatable bonds is 8. The van der Waals surface area contributed by atoms with E-state index in [1.165, 1.54) is 0 Å². The van der Waals surface area contributed by atoms with Gasteiger partial charge in [-0.2, -0.15) is 0 Å². The lowest BCUT2D eigenvalue weighted by molar-refractivity contribution is -0.137. The molecule has 0 aliphatic rings. The van der Waals surface area contributed by atoms with Crippen LogP contribution in [0.5, 0.6) is 5.75 Å². The standard InChI is InChI=1S/C17H18N2O4/c20-16(11-12-22-15-9-5-2-6-10-15)19-23-13-17(21)18-14-7-3-1-4-8-14/h1-10H,11-13H2,(H,18,21)(H,19,20). The van der Waals surface area contributed by atoms with Gasteiger partial charge in [-0.1, -0.05) is 36.4 Å². The van der Waals surface area contributed by atoms with Gasteiger partial charge in [0.05, 0.1) is 13.0 Å². The maximum Gasteiger partial charge on any atom is 0.253 e. The first kappa shape index (κ1) is 16.5. The summed E-state index contributed by atoms with van der Waals surface area (Å²) in [5.74, 6) is -0.00562. The van der Waals surface area contributed by atoms with E-state index in [-0.39, 0.29) is 31.4 Å². The van der Waals surface area contributed by atoms with Crippen LogP contribution in [0.25, 0.3) is 0 Å². The van der Waals surface area contributed by atoms with Crippen LogP contribution in [0.1, 0.15) is 6.42 Å². The van der Waals surface area contributed by atoms with Gasteiger partial charge in [0.2, 0.25) is 5.91 Å². The Morgan fingerprint density at radius 3 is 2.22 bits per heavy atom. The lowest BCUT2D eigenvalue weighted by Gasteiger charge is -2.08. The molecule has 0 aliphatic carbocycles. The van der Waals surface area contributed by atoms with Crippen LogP contribution in [-0.4, -0.2) is 25.0 Å². The van der Waals surface area contributed by atoms with E-state index in [0.717, 1.165) is 0 Å². The predicted octanol–water partition coefficient (Wildman–Crippen LogP) is 2.14. The van der Waals surface area contributed by atoms with Gasteiger partial charge in [-0.05, 0) is 24.3 Å². The van der Waals surface area contributed by atoms with E-state index in [4.69, 9.17) is 9.57 Å². The summed E-state index contributed by atoms with van der Waals surface area (Å²) in [6.45, 7) is -0.0321. The summed E-state index contributed by atoms with van der Waals surface area (Å²) >= 11 is 0. The second-order valence-electron chi connectivity index (χ2n) is 4.64. The average Bonchev–Trinajstić information content (AvgIpc) is 2.57. The van der Waals surface area contributed by atoms with E-state index < -0.39 is 0 Å². The summed E-state index contributed by atoms with van der Waals surface area (Å²) in [7, 11) is 0. The van der Waals surface area contributed by atoms with E-state index in [2.05, 4.69) is 10.8 Å².